The van der Waals surface area contributed by atoms with Gasteiger partial charge in [0.05, 0.1) is 0 Å². The van der Waals surface area contributed by atoms with Crippen molar-refractivity contribution in [1.82, 2.24) is 4.90 Å². The van der Waals surface area contributed by atoms with Gasteiger partial charge in [0.1, 0.15) is 0 Å². The van der Waals surface area contributed by atoms with Crippen LogP contribution in [0.4, 0.5) is 13.2 Å². The third kappa shape index (κ3) is 4.01. The van der Waals surface area contributed by atoms with Gasteiger partial charge in [0.15, 0.2) is 6.04 Å². The van der Waals surface area contributed by atoms with Gasteiger partial charge < -0.3 is 0 Å². The van der Waals surface area contributed by atoms with Crippen molar-refractivity contribution >= 4 is 0 Å². The number of likely N-dealkylation sites (tertiary alicyclic amines) is 1. The van der Waals surface area contributed by atoms with Crippen molar-refractivity contribution in [2.24, 2.45) is 0 Å². The van der Waals surface area contributed by atoms with Gasteiger partial charge in [-0.05, 0) is 45.0 Å². The number of aryl methyl sites for hydroxylation is 1. The van der Waals surface area contributed by atoms with Crippen molar-refractivity contribution in [2.75, 3.05) is 13.1 Å². The second-order valence-electron chi connectivity index (χ2n) is 5.18. The van der Waals surface area contributed by atoms with Gasteiger partial charge in [0, 0.05) is 5.56 Å². The molecule has 0 amide bonds. The van der Waals surface area contributed by atoms with Gasteiger partial charge in [0.2, 0.25) is 0 Å². The van der Waals surface area contributed by atoms with Crippen molar-refractivity contribution in [3.05, 3.63) is 35.4 Å². The molecule has 1 aromatic rings. The minimum atomic E-state index is -4.30. The molecule has 1 saturated heterocycles. The van der Waals surface area contributed by atoms with Gasteiger partial charge in [-0.25, -0.2) is 0 Å². The molecule has 1 heterocycles. The SMILES string of the molecule is Cc1ccc(C#CC(N2CCCCC2)C(F)(F)F)cc1. The van der Waals surface area contributed by atoms with E-state index in [1.807, 2.05) is 19.1 Å². The maximum Gasteiger partial charge on any atom is 0.415 e. The van der Waals surface area contributed by atoms with E-state index in [1.54, 1.807) is 12.1 Å². The minimum absolute atomic E-state index is 0.479. The van der Waals surface area contributed by atoms with E-state index in [4.69, 9.17) is 0 Å². The molecule has 1 fully saturated rings. The zero-order valence-electron chi connectivity index (χ0n) is 11.5. The number of hydrogen-bond donors (Lipinski definition) is 0. The lowest BCUT2D eigenvalue weighted by atomic mass is 10.1. The monoisotopic (exact) mass is 281 g/mol. The number of benzene rings is 1. The number of nitrogens with zero attached hydrogens (tertiary/aromatic N) is 1. The summed E-state index contributed by atoms with van der Waals surface area (Å²) in [6.07, 6.45) is -1.65. The van der Waals surface area contributed by atoms with Crippen LogP contribution in [0.2, 0.25) is 0 Å². The molecule has 0 saturated carbocycles. The Labute approximate surface area is 117 Å². The Morgan fingerprint density at radius 3 is 2.20 bits per heavy atom. The maximum atomic E-state index is 13.1. The summed E-state index contributed by atoms with van der Waals surface area (Å²) in [4.78, 5) is 1.45. The molecule has 1 atom stereocenters. The summed E-state index contributed by atoms with van der Waals surface area (Å²) in [6.45, 7) is 2.89. The Morgan fingerprint density at radius 2 is 1.65 bits per heavy atom. The summed E-state index contributed by atoms with van der Waals surface area (Å²) in [5.74, 6) is 5.08. The van der Waals surface area contributed by atoms with E-state index in [9.17, 15) is 13.2 Å². The molecular formula is C16H18F3N. The third-order valence-corrected chi connectivity index (χ3v) is 3.47. The Morgan fingerprint density at radius 1 is 1.05 bits per heavy atom. The maximum absolute atomic E-state index is 13.1. The van der Waals surface area contributed by atoms with E-state index in [2.05, 4.69) is 11.8 Å². The molecule has 1 aromatic carbocycles. The van der Waals surface area contributed by atoms with E-state index in [0.29, 0.717) is 18.7 Å². The van der Waals surface area contributed by atoms with Crippen LogP contribution in [0.5, 0.6) is 0 Å². The Kier molecular flexibility index (Phi) is 4.72. The Balaban J connectivity index is 2.18. The molecule has 0 spiro atoms. The molecule has 1 aliphatic heterocycles. The molecule has 1 aliphatic rings. The highest BCUT2D eigenvalue weighted by atomic mass is 19.4. The van der Waals surface area contributed by atoms with Crippen molar-refractivity contribution in [2.45, 2.75) is 38.4 Å². The summed E-state index contributed by atoms with van der Waals surface area (Å²) < 4.78 is 39.4. The summed E-state index contributed by atoms with van der Waals surface area (Å²) in [5, 5.41) is 0. The first kappa shape index (κ1) is 14.9. The molecule has 0 aliphatic carbocycles. The highest BCUT2D eigenvalue weighted by Crippen LogP contribution is 2.26. The number of alkyl halides is 3. The molecule has 1 unspecified atom stereocenters. The minimum Gasteiger partial charge on any atom is -0.282 e. The lowest BCUT2D eigenvalue weighted by molar-refractivity contribution is -0.169. The number of halogens is 3. The van der Waals surface area contributed by atoms with E-state index in [1.165, 1.54) is 4.90 Å². The summed E-state index contributed by atoms with van der Waals surface area (Å²) in [5.41, 5.74) is 1.70. The van der Waals surface area contributed by atoms with Gasteiger partial charge in [-0.1, -0.05) is 36.0 Å². The molecule has 1 nitrogen and oxygen atoms in total. The van der Waals surface area contributed by atoms with Gasteiger partial charge in [-0.3, -0.25) is 4.90 Å². The van der Waals surface area contributed by atoms with Crippen molar-refractivity contribution in [3.63, 3.8) is 0 Å². The molecule has 0 N–H and O–H groups in total. The zero-order chi connectivity index (χ0) is 14.6. The molecule has 0 bridgehead atoms. The van der Waals surface area contributed by atoms with Crippen LogP contribution in [0.25, 0.3) is 0 Å². The standard InChI is InChI=1S/C16H18F3N/c1-13-5-7-14(8-6-13)9-10-15(16(17,18)19)20-11-3-2-4-12-20/h5-8,15H,2-4,11-12H2,1H3. The zero-order valence-corrected chi connectivity index (χ0v) is 11.5. The highest BCUT2D eigenvalue weighted by Gasteiger charge is 2.42. The van der Waals surface area contributed by atoms with Crippen LogP contribution in [0.3, 0.4) is 0 Å². The normalized spacial score (nSPS) is 18.2. The first-order valence-corrected chi connectivity index (χ1v) is 6.86. The first-order chi connectivity index (χ1) is 9.47. The average molecular weight is 281 g/mol. The van der Waals surface area contributed by atoms with Gasteiger partial charge >= 0.3 is 6.18 Å². The number of rotatable bonds is 1. The van der Waals surface area contributed by atoms with E-state index in [0.717, 1.165) is 24.8 Å². The molecule has 2 rings (SSSR count). The van der Waals surface area contributed by atoms with Crippen LogP contribution in [0.15, 0.2) is 24.3 Å². The fourth-order valence-electron chi connectivity index (χ4n) is 2.35. The Bertz CT molecular complexity index is 487. The number of hydrogen-bond acceptors (Lipinski definition) is 1. The van der Waals surface area contributed by atoms with Crippen LogP contribution >= 0.6 is 0 Å². The quantitative estimate of drug-likeness (QED) is 0.708. The van der Waals surface area contributed by atoms with Crippen molar-refractivity contribution < 1.29 is 13.2 Å². The molecule has 4 heteroatoms. The fraction of sp³-hybridized carbons (Fsp3) is 0.500. The van der Waals surface area contributed by atoms with Crippen LogP contribution < -0.4 is 0 Å². The fourth-order valence-corrected chi connectivity index (χ4v) is 2.35. The second kappa shape index (κ2) is 6.32. The van der Waals surface area contributed by atoms with Crippen molar-refractivity contribution in [3.8, 4) is 11.8 Å². The molecular weight excluding hydrogens is 263 g/mol. The summed E-state index contributed by atoms with van der Waals surface area (Å²) >= 11 is 0. The van der Waals surface area contributed by atoms with Crippen LogP contribution in [-0.4, -0.2) is 30.2 Å². The largest absolute Gasteiger partial charge is 0.415 e. The van der Waals surface area contributed by atoms with Crippen LogP contribution in [0.1, 0.15) is 30.4 Å². The van der Waals surface area contributed by atoms with Gasteiger partial charge in [-0.15, -0.1) is 0 Å². The smallest absolute Gasteiger partial charge is 0.282 e. The molecule has 20 heavy (non-hydrogen) atoms. The third-order valence-electron chi connectivity index (χ3n) is 3.47. The lowest BCUT2D eigenvalue weighted by Crippen LogP contribution is -2.47. The highest BCUT2D eigenvalue weighted by molar-refractivity contribution is 5.37. The van der Waals surface area contributed by atoms with Crippen molar-refractivity contribution in [1.29, 1.82) is 0 Å². The first-order valence-electron chi connectivity index (χ1n) is 6.86. The van der Waals surface area contributed by atoms with E-state index < -0.39 is 12.2 Å². The average Bonchev–Trinajstić information content (AvgIpc) is 2.41. The van der Waals surface area contributed by atoms with E-state index >= 15 is 0 Å². The van der Waals surface area contributed by atoms with Crippen LogP contribution in [0, 0.1) is 18.8 Å². The van der Waals surface area contributed by atoms with E-state index in [-0.39, 0.29) is 0 Å². The molecule has 0 radical (unpaired) electrons. The second-order valence-corrected chi connectivity index (χ2v) is 5.18. The van der Waals surface area contributed by atoms with Gasteiger partial charge in [0.25, 0.3) is 0 Å². The molecule has 108 valence electrons. The van der Waals surface area contributed by atoms with Gasteiger partial charge in [-0.2, -0.15) is 13.2 Å². The van der Waals surface area contributed by atoms with Crippen LogP contribution in [-0.2, 0) is 0 Å². The lowest BCUT2D eigenvalue weighted by Gasteiger charge is -2.32. The Hall–Kier alpha value is -1.47. The predicted octanol–water partition coefficient (Wildman–Crippen LogP) is 3.76. The topological polar surface area (TPSA) is 3.24 Å². The summed E-state index contributed by atoms with van der Waals surface area (Å²) in [7, 11) is 0. The molecule has 0 aromatic heterocycles. The predicted molar refractivity (Wildman–Crippen MR) is 73.3 cm³/mol. The summed E-state index contributed by atoms with van der Waals surface area (Å²) in [6, 6.07) is 5.57. The number of piperidine rings is 1.